The van der Waals surface area contributed by atoms with Gasteiger partial charge in [-0.3, -0.25) is 9.69 Å². The zero-order valence-corrected chi connectivity index (χ0v) is 22.1. The molecule has 0 N–H and O–H groups in total. The minimum Gasteiger partial charge on any atom is -0.497 e. The summed E-state index contributed by atoms with van der Waals surface area (Å²) in [6.07, 6.45) is 1.84. The number of hydrogen-bond acceptors (Lipinski definition) is 6. The Morgan fingerprint density at radius 1 is 0.923 bits per heavy atom. The van der Waals surface area contributed by atoms with E-state index in [4.69, 9.17) is 14.5 Å². The van der Waals surface area contributed by atoms with Gasteiger partial charge in [-0.05, 0) is 59.8 Å². The second-order valence-corrected chi connectivity index (χ2v) is 9.68. The van der Waals surface area contributed by atoms with Crippen LogP contribution in [-0.4, -0.2) is 23.1 Å². The molecule has 0 spiro atoms. The highest BCUT2D eigenvalue weighted by Crippen LogP contribution is 2.36. The number of carbonyl (C=O) groups is 1. The third-order valence-corrected chi connectivity index (χ3v) is 7.10. The molecule has 192 valence electrons. The number of nitrogens with zero attached hydrogens (tertiary/aromatic N) is 3. The molecule has 4 aromatic carbocycles. The Morgan fingerprint density at radius 2 is 1.64 bits per heavy atom. The molecule has 0 saturated carbocycles. The Kier molecular flexibility index (Phi) is 8.06. The fourth-order valence-electron chi connectivity index (χ4n) is 4.04. The summed E-state index contributed by atoms with van der Waals surface area (Å²) in [4.78, 5) is 20.7. The highest BCUT2D eigenvalue weighted by Gasteiger charge is 2.33. The van der Waals surface area contributed by atoms with Gasteiger partial charge in [0.05, 0.1) is 35.9 Å². The summed E-state index contributed by atoms with van der Waals surface area (Å²) in [5.41, 5.74) is 3.89. The van der Waals surface area contributed by atoms with Crippen molar-refractivity contribution in [1.82, 2.24) is 4.90 Å². The van der Waals surface area contributed by atoms with Crippen LogP contribution in [0.1, 0.15) is 22.3 Å². The van der Waals surface area contributed by atoms with Gasteiger partial charge in [0, 0.05) is 11.1 Å². The second kappa shape index (κ2) is 12.2. The van der Waals surface area contributed by atoms with Crippen molar-refractivity contribution in [2.75, 3.05) is 7.11 Å². The van der Waals surface area contributed by atoms with Crippen molar-refractivity contribution < 1.29 is 14.3 Å². The summed E-state index contributed by atoms with van der Waals surface area (Å²) < 4.78 is 11.4. The lowest BCUT2D eigenvalue weighted by atomic mass is 10.1. The van der Waals surface area contributed by atoms with Crippen molar-refractivity contribution in [3.63, 3.8) is 0 Å². The number of methoxy groups -OCH3 is 1. The van der Waals surface area contributed by atoms with E-state index >= 15 is 0 Å². The second-order valence-electron chi connectivity index (χ2n) is 8.68. The minimum atomic E-state index is -0.130. The average molecular weight is 532 g/mol. The first kappa shape index (κ1) is 25.8. The van der Waals surface area contributed by atoms with E-state index < -0.39 is 0 Å². The number of hydrogen-bond donors (Lipinski definition) is 0. The molecule has 0 bridgehead atoms. The number of benzene rings is 4. The first-order valence-corrected chi connectivity index (χ1v) is 13.1. The fraction of sp³-hybridized carbons (Fsp3) is 0.0938. The van der Waals surface area contributed by atoms with Crippen molar-refractivity contribution >= 4 is 34.6 Å². The highest BCUT2D eigenvalue weighted by atomic mass is 32.2. The number of carbonyl (C=O) groups excluding carboxylic acids is 1. The third kappa shape index (κ3) is 6.20. The molecular weight excluding hydrogens is 506 g/mol. The minimum absolute atomic E-state index is 0.130. The zero-order valence-electron chi connectivity index (χ0n) is 21.3. The van der Waals surface area contributed by atoms with E-state index in [1.807, 2.05) is 103 Å². The van der Waals surface area contributed by atoms with Crippen molar-refractivity contribution in [2.45, 2.75) is 13.2 Å². The van der Waals surface area contributed by atoms with Crippen LogP contribution >= 0.6 is 11.8 Å². The molecule has 1 saturated heterocycles. The molecule has 1 amide bonds. The molecule has 0 radical (unpaired) electrons. The van der Waals surface area contributed by atoms with Crippen molar-refractivity contribution in [3.05, 3.63) is 130 Å². The smallest absolute Gasteiger partial charge is 0.267 e. The number of thioether (sulfide) groups is 1. The molecule has 0 atom stereocenters. The van der Waals surface area contributed by atoms with E-state index in [0.717, 1.165) is 28.1 Å². The standard InChI is InChI=1S/C32H25N3O3S/c1-37-28-17-15-23(16-18-28)21-35-31(36)30(39-32(35)34-27-12-3-2-4-13-27)19-24-9-7-8-14-29(24)38-22-26-11-6-5-10-25(26)20-33/h2-19H,21-22H2,1H3/b30-19-,34-32?. The fourth-order valence-corrected chi connectivity index (χ4v) is 5.03. The van der Waals surface area contributed by atoms with Crippen molar-refractivity contribution in [1.29, 1.82) is 5.26 Å². The quantitative estimate of drug-likeness (QED) is 0.230. The summed E-state index contributed by atoms with van der Waals surface area (Å²) >= 11 is 1.34. The lowest BCUT2D eigenvalue weighted by Gasteiger charge is -2.16. The normalized spacial score (nSPS) is 15.0. The predicted molar refractivity (Wildman–Crippen MR) is 155 cm³/mol. The maximum absolute atomic E-state index is 13.7. The van der Waals surface area contributed by atoms with Crippen LogP contribution in [0.25, 0.3) is 6.08 Å². The van der Waals surface area contributed by atoms with Gasteiger partial charge in [0.25, 0.3) is 5.91 Å². The van der Waals surface area contributed by atoms with Gasteiger partial charge < -0.3 is 9.47 Å². The predicted octanol–water partition coefficient (Wildman–Crippen LogP) is 6.95. The summed E-state index contributed by atoms with van der Waals surface area (Å²) in [6.45, 7) is 0.622. The molecule has 39 heavy (non-hydrogen) atoms. The maximum atomic E-state index is 13.7. The molecule has 0 aromatic heterocycles. The van der Waals surface area contributed by atoms with Gasteiger partial charge in [0.1, 0.15) is 18.1 Å². The Morgan fingerprint density at radius 3 is 2.41 bits per heavy atom. The number of aliphatic imine (C=N–C) groups is 1. The van der Waals surface area contributed by atoms with Gasteiger partial charge in [-0.2, -0.15) is 5.26 Å². The first-order valence-electron chi connectivity index (χ1n) is 12.3. The van der Waals surface area contributed by atoms with Crippen molar-refractivity contribution in [2.24, 2.45) is 4.99 Å². The van der Waals surface area contributed by atoms with Crippen LogP contribution in [0, 0.1) is 11.3 Å². The van der Waals surface area contributed by atoms with Crippen LogP contribution in [0.15, 0.2) is 113 Å². The molecule has 0 aliphatic carbocycles. The summed E-state index contributed by atoms with van der Waals surface area (Å²) in [7, 11) is 1.63. The molecule has 1 aliphatic rings. The van der Waals surface area contributed by atoms with Crippen LogP contribution in [0.2, 0.25) is 0 Å². The van der Waals surface area contributed by atoms with E-state index in [9.17, 15) is 10.1 Å². The summed E-state index contributed by atoms with van der Waals surface area (Å²) in [6, 6.07) is 34.4. The van der Waals surface area contributed by atoms with E-state index in [2.05, 4.69) is 6.07 Å². The van der Waals surface area contributed by atoms with Gasteiger partial charge in [-0.25, -0.2) is 4.99 Å². The third-order valence-electron chi connectivity index (χ3n) is 6.10. The van der Waals surface area contributed by atoms with Crippen LogP contribution in [0.5, 0.6) is 11.5 Å². The van der Waals surface area contributed by atoms with E-state index in [1.54, 1.807) is 18.1 Å². The highest BCUT2D eigenvalue weighted by molar-refractivity contribution is 8.18. The molecule has 7 heteroatoms. The van der Waals surface area contributed by atoms with Gasteiger partial charge in [0.15, 0.2) is 5.17 Å². The molecule has 4 aromatic rings. The molecular formula is C32H25N3O3S. The zero-order chi connectivity index (χ0) is 27.0. The van der Waals surface area contributed by atoms with Crippen LogP contribution in [-0.2, 0) is 17.9 Å². The summed E-state index contributed by atoms with van der Waals surface area (Å²) in [5, 5.41) is 10.0. The monoisotopic (exact) mass is 531 g/mol. The van der Waals surface area contributed by atoms with E-state index in [1.165, 1.54) is 11.8 Å². The molecule has 5 rings (SSSR count). The lowest BCUT2D eigenvalue weighted by Crippen LogP contribution is -2.28. The number of para-hydroxylation sites is 2. The number of amidine groups is 1. The van der Waals surface area contributed by atoms with Gasteiger partial charge >= 0.3 is 0 Å². The molecule has 1 fully saturated rings. The number of nitriles is 1. The van der Waals surface area contributed by atoms with Crippen molar-refractivity contribution in [3.8, 4) is 17.6 Å². The Labute approximate surface area is 231 Å². The molecule has 1 heterocycles. The van der Waals surface area contributed by atoms with Crippen LogP contribution < -0.4 is 9.47 Å². The van der Waals surface area contributed by atoms with E-state index in [0.29, 0.717) is 27.9 Å². The maximum Gasteiger partial charge on any atom is 0.267 e. The Bertz CT molecular complexity index is 1570. The number of rotatable bonds is 8. The largest absolute Gasteiger partial charge is 0.497 e. The van der Waals surface area contributed by atoms with Gasteiger partial charge in [-0.1, -0.05) is 66.7 Å². The lowest BCUT2D eigenvalue weighted by molar-refractivity contribution is -0.122. The molecule has 1 aliphatic heterocycles. The number of amides is 1. The van der Waals surface area contributed by atoms with E-state index in [-0.39, 0.29) is 12.5 Å². The Balaban J connectivity index is 1.44. The summed E-state index contributed by atoms with van der Waals surface area (Å²) in [5.74, 6) is 1.25. The van der Waals surface area contributed by atoms with Gasteiger partial charge in [-0.15, -0.1) is 0 Å². The average Bonchev–Trinajstić information content (AvgIpc) is 3.26. The SMILES string of the molecule is COc1ccc(CN2C(=O)/C(=C/c3ccccc3OCc3ccccc3C#N)SC2=Nc2ccccc2)cc1. The molecule has 6 nitrogen and oxygen atoms in total. The van der Waals surface area contributed by atoms with Crippen LogP contribution in [0.4, 0.5) is 5.69 Å². The Hall–Kier alpha value is -4.80. The van der Waals surface area contributed by atoms with Crippen LogP contribution in [0.3, 0.4) is 0 Å². The first-order chi connectivity index (χ1) is 19.1. The molecule has 0 unspecified atom stereocenters. The van der Waals surface area contributed by atoms with Gasteiger partial charge in [0.2, 0.25) is 0 Å². The topological polar surface area (TPSA) is 74.9 Å². The number of ether oxygens (including phenoxy) is 2.